The summed E-state index contributed by atoms with van der Waals surface area (Å²) < 4.78 is 4.23. The van der Waals surface area contributed by atoms with Crippen LogP contribution in [0.5, 0.6) is 0 Å². The Labute approximate surface area is 118 Å². The van der Waals surface area contributed by atoms with E-state index >= 15 is 0 Å². The lowest BCUT2D eigenvalue weighted by atomic mass is 10.1. The zero-order valence-corrected chi connectivity index (χ0v) is 11.8. The summed E-state index contributed by atoms with van der Waals surface area (Å²) in [5, 5.41) is 5.60. The summed E-state index contributed by atoms with van der Waals surface area (Å²) in [6.07, 6.45) is 7.11. The van der Waals surface area contributed by atoms with Crippen molar-refractivity contribution in [1.82, 2.24) is 14.3 Å². The van der Waals surface area contributed by atoms with Crippen molar-refractivity contribution in [3.63, 3.8) is 0 Å². The lowest BCUT2D eigenvalue weighted by molar-refractivity contribution is 0.658. The molecule has 0 saturated heterocycles. The molecule has 0 saturated carbocycles. The number of aromatic nitrogens is 3. The van der Waals surface area contributed by atoms with Crippen LogP contribution < -0.4 is 5.73 Å². The van der Waals surface area contributed by atoms with Crippen molar-refractivity contribution in [3.8, 4) is 0 Å². The van der Waals surface area contributed by atoms with Crippen molar-refractivity contribution >= 4 is 10.9 Å². The van der Waals surface area contributed by atoms with Crippen LogP contribution in [0.3, 0.4) is 0 Å². The van der Waals surface area contributed by atoms with E-state index < -0.39 is 0 Å². The van der Waals surface area contributed by atoms with Crippen LogP contribution in [-0.4, -0.2) is 20.9 Å². The molecule has 0 radical (unpaired) electrons. The van der Waals surface area contributed by atoms with E-state index in [9.17, 15) is 0 Å². The third-order valence-corrected chi connectivity index (χ3v) is 3.63. The highest BCUT2D eigenvalue weighted by molar-refractivity contribution is 5.81. The summed E-state index contributed by atoms with van der Waals surface area (Å²) in [5.74, 6) is 0. The topological polar surface area (TPSA) is 48.8 Å². The van der Waals surface area contributed by atoms with Crippen molar-refractivity contribution in [1.29, 1.82) is 0 Å². The molecule has 2 N–H and O–H groups in total. The van der Waals surface area contributed by atoms with Crippen molar-refractivity contribution in [2.45, 2.75) is 26.4 Å². The Kier molecular flexibility index (Phi) is 3.56. The molecule has 0 aliphatic carbocycles. The fourth-order valence-electron chi connectivity index (χ4n) is 2.55. The van der Waals surface area contributed by atoms with Crippen LogP contribution in [-0.2, 0) is 19.5 Å². The number of nitrogens with zero attached hydrogens (tertiary/aromatic N) is 3. The third kappa shape index (κ3) is 2.47. The molecule has 20 heavy (non-hydrogen) atoms. The lowest BCUT2D eigenvalue weighted by Crippen LogP contribution is -2.03. The largest absolute Gasteiger partial charge is 0.343 e. The standard InChI is InChI=1S/C16H20N4/c1-2-20-12-14(10-18-20)11-19-8-6-15-4-3-13(5-7-17)9-16(15)19/h3-4,6,8-10,12H,2,5,7,11,17H2,1H3. The minimum absolute atomic E-state index is 0.690. The van der Waals surface area contributed by atoms with Crippen LogP contribution in [0, 0.1) is 0 Å². The van der Waals surface area contributed by atoms with Gasteiger partial charge in [0.25, 0.3) is 0 Å². The Hall–Kier alpha value is -2.07. The Bertz CT molecular complexity index is 708. The van der Waals surface area contributed by atoms with Crippen LogP contribution in [0.25, 0.3) is 10.9 Å². The predicted octanol–water partition coefficient (Wildman–Crippen LogP) is 2.41. The minimum Gasteiger partial charge on any atom is -0.343 e. The van der Waals surface area contributed by atoms with E-state index in [4.69, 9.17) is 5.73 Å². The van der Waals surface area contributed by atoms with Crippen molar-refractivity contribution < 1.29 is 0 Å². The molecule has 0 atom stereocenters. The summed E-state index contributed by atoms with van der Waals surface area (Å²) in [6.45, 7) is 4.55. The van der Waals surface area contributed by atoms with Crippen LogP contribution >= 0.6 is 0 Å². The number of hydrogen-bond acceptors (Lipinski definition) is 2. The Morgan fingerprint density at radius 1 is 1.20 bits per heavy atom. The molecule has 0 aliphatic rings. The maximum absolute atomic E-state index is 5.64. The molecular weight excluding hydrogens is 248 g/mol. The van der Waals surface area contributed by atoms with Crippen LogP contribution in [0.1, 0.15) is 18.1 Å². The molecule has 1 aromatic carbocycles. The molecular formula is C16H20N4. The number of fused-ring (bicyclic) bond motifs is 1. The smallest absolute Gasteiger partial charge is 0.0539 e. The summed E-state index contributed by atoms with van der Waals surface area (Å²) in [6, 6.07) is 8.74. The van der Waals surface area contributed by atoms with Crippen LogP contribution in [0.2, 0.25) is 0 Å². The lowest BCUT2D eigenvalue weighted by Gasteiger charge is -2.05. The second kappa shape index (κ2) is 5.51. The molecule has 0 bridgehead atoms. The van der Waals surface area contributed by atoms with Gasteiger partial charge in [-0.1, -0.05) is 12.1 Å². The minimum atomic E-state index is 0.690. The monoisotopic (exact) mass is 268 g/mol. The Morgan fingerprint density at radius 2 is 2.10 bits per heavy atom. The molecule has 0 fully saturated rings. The van der Waals surface area contributed by atoms with Crippen molar-refractivity contribution in [2.24, 2.45) is 5.73 Å². The number of aryl methyl sites for hydroxylation is 1. The first-order valence-corrected chi connectivity index (χ1v) is 7.09. The summed E-state index contributed by atoms with van der Waals surface area (Å²) in [5.41, 5.74) is 9.43. The van der Waals surface area contributed by atoms with E-state index in [1.54, 1.807) is 0 Å². The maximum atomic E-state index is 5.64. The molecule has 0 aliphatic heterocycles. The van der Waals surface area contributed by atoms with E-state index in [0.29, 0.717) is 6.54 Å². The van der Waals surface area contributed by atoms with E-state index in [1.807, 2.05) is 10.9 Å². The first-order valence-electron chi connectivity index (χ1n) is 7.09. The molecule has 4 heteroatoms. The van der Waals surface area contributed by atoms with Gasteiger partial charge in [0.2, 0.25) is 0 Å². The first kappa shape index (κ1) is 12.9. The van der Waals surface area contributed by atoms with Gasteiger partial charge >= 0.3 is 0 Å². The average molecular weight is 268 g/mol. The molecule has 0 spiro atoms. The van der Waals surface area contributed by atoms with Crippen molar-refractivity contribution in [2.75, 3.05) is 6.54 Å². The van der Waals surface area contributed by atoms with Gasteiger partial charge in [0, 0.05) is 30.0 Å². The van der Waals surface area contributed by atoms with Gasteiger partial charge in [0.15, 0.2) is 0 Å². The summed E-state index contributed by atoms with van der Waals surface area (Å²) >= 11 is 0. The first-order chi connectivity index (χ1) is 9.80. The number of benzene rings is 1. The second-order valence-corrected chi connectivity index (χ2v) is 5.08. The van der Waals surface area contributed by atoms with Gasteiger partial charge in [-0.3, -0.25) is 4.68 Å². The summed E-state index contributed by atoms with van der Waals surface area (Å²) in [7, 11) is 0. The van der Waals surface area contributed by atoms with Crippen LogP contribution in [0.4, 0.5) is 0 Å². The molecule has 4 nitrogen and oxygen atoms in total. The quantitative estimate of drug-likeness (QED) is 0.772. The van der Waals surface area contributed by atoms with Gasteiger partial charge in [0.05, 0.1) is 12.7 Å². The Balaban J connectivity index is 1.92. The number of rotatable bonds is 5. The van der Waals surface area contributed by atoms with E-state index in [-0.39, 0.29) is 0 Å². The molecule has 2 heterocycles. The zero-order valence-electron chi connectivity index (χ0n) is 11.8. The highest BCUT2D eigenvalue weighted by Gasteiger charge is 2.04. The molecule has 3 aromatic rings. The molecule has 104 valence electrons. The van der Waals surface area contributed by atoms with Gasteiger partial charge in [0.1, 0.15) is 0 Å². The molecule has 2 aromatic heterocycles. The zero-order chi connectivity index (χ0) is 13.9. The fourth-order valence-corrected chi connectivity index (χ4v) is 2.55. The van der Waals surface area contributed by atoms with Gasteiger partial charge in [-0.25, -0.2) is 0 Å². The normalized spacial score (nSPS) is 11.3. The average Bonchev–Trinajstić information content (AvgIpc) is 3.07. The molecule has 0 unspecified atom stereocenters. The number of nitrogens with two attached hydrogens (primary N) is 1. The van der Waals surface area contributed by atoms with Gasteiger partial charge in [-0.2, -0.15) is 5.10 Å². The molecule has 0 amide bonds. The maximum Gasteiger partial charge on any atom is 0.0539 e. The van der Waals surface area contributed by atoms with E-state index in [1.165, 1.54) is 22.0 Å². The van der Waals surface area contributed by atoms with E-state index in [0.717, 1.165) is 19.5 Å². The van der Waals surface area contributed by atoms with Gasteiger partial charge < -0.3 is 10.3 Å². The van der Waals surface area contributed by atoms with Crippen molar-refractivity contribution in [3.05, 3.63) is 54.0 Å². The highest BCUT2D eigenvalue weighted by Crippen LogP contribution is 2.19. The third-order valence-electron chi connectivity index (χ3n) is 3.63. The van der Waals surface area contributed by atoms with Gasteiger partial charge in [-0.05, 0) is 43.0 Å². The second-order valence-electron chi connectivity index (χ2n) is 5.08. The SMILES string of the molecule is CCn1cc(Cn2ccc3ccc(CCN)cc32)cn1. The highest BCUT2D eigenvalue weighted by atomic mass is 15.3. The van der Waals surface area contributed by atoms with Gasteiger partial charge in [-0.15, -0.1) is 0 Å². The fraction of sp³-hybridized carbons (Fsp3) is 0.312. The van der Waals surface area contributed by atoms with E-state index in [2.05, 4.69) is 53.2 Å². The predicted molar refractivity (Wildman–Crippen MR) is 81.7 cm³/mol. The summed E-state index contributed by atoms with van der Waals surface area (Å²) in [4.78, 5) is 0. The number of hydrogen-bond donors (Lipinski definition) is 1. The Morgan fingerprint density at radius 3 is 2.85 bits per heavy atom. The molecule has 3 rings (SSSR count). The van der Waals surface area contributed by atoms with Crippen LogP contribution in [0.15, 0.2) is 42.9 Å².